The fourth-order valence-corrected chi connectivity index (χ4v) is 13.4. The van der Waals surface area contributed by atoms with E-state index in [2.05, 4.69) is 13.8 Å². The van der Waals surface area contributed by atoms with Crippen LogP contribution in [0.15, 0.2) is 0 Å². The molecule has 0 aliphatic heterocycles. The van der Waals surface area contributed by atoms with Crippen molar-refractivity contribution in [2.75, 3.05) is 92.5 Å². The summed E-state index contributed by atoms with van der Waals surface area (Å²) in [5.74, 6) is -3.80. The molecule has 0 aliphatic rings. The number of carboxylic acids is 1. The van der Waals surface area contributed by atoms with Crippen LogP contribution in [0.4, 0.5) is 0 Å². The van der Waals surface area contributed by atoms with E-state index >= 15 is 0 Å². The first-order chi connectivity index (χ1) is 62.2. The maximum Gasteiger partial charge on any atom is 0.305 e. The molecule has 0 fully saturated rings. The third-order valence-electron chi connectivity index (χ3n) is 21.3. The normalized spacial score (nSPS) is 11.2. The van der Waals surface area contributed by atoms with Gasteiger partial charge in [-0.1, -0.05) is 65.2 Å². The molecule has 0 aromatic heterocycles. The van der Waals surface area contributed by atoms with Crippen molar-refractivity contribution in [3.8, 4) is 0 Å². The van der Waals surface area contributed by atoms with E-state index in [-0.39, 0.29) is 214 Å². The Morgan fingerprint density at radius 2 is 0.273 bits per heavy atom. The highest BCUT2D eigenvalue weighted by Gasteiger charge is 2.16. The van der Waals surface area contributed by atoms with Gasteiger partial charge in [0.1, 0.15) is 0 Å². The smallest absolute Gasteiger partial charge is 0.305 e. The standard InChI is InChI=1S/C98H168O30/c1-3-5-52-83(4-2)53-22-6-7-24-55-85(101)116-70-39-9-26-57-87(103)118-72-41-11-28-59-89(105)120-74-43-13-30-61-91(107)122-76-45-15-32-63-93(109)124-78-47-17-34-65-95(111)126-80-49-19-36-67-97(113)128-82-51-21-37-68-98(114)127-81-50-20-35-66-96(112)125-79-48-18-33-64-94(110)123-77-46-16-31-62-92(108)121-75-44-14-29-60-90(106)119-73-42-12-27-58-88(104)117-71-40-10-25-56-86(102)115-69-38-8-23-54-84(99)100/h83H,3-82H2,1-2H3,(H,99,100). The number of unbranched alkanes of at least 4 members (excludes halogenated alkanes) is 32. The van der Waals surface area contributed by atoms with Crippen molar-refractivity contribution in [3.63, 3.8) is 0 Å². The molecule has 0 aliphatic carbocycles. The summed E-state index contributed by atoms with van der Waals surface area (Å²) in [4.78, 5) is 180. The number of hydrogen-bond donors (Lipinski definition) is 1. The average Bonchev–Trinajstić information content (AvgIpc) is 1.04. The molecular formula is C98H168O30. The van der Waals surface area contributed by atoms with Crippen molar-refractivity contribution in [3.05, 3.63) is 0 Å². The van der Waals surface area contributed by atoms with Gasteiger partial charge in [-0.2, -0.15) is 0 Å². The number of carboxylic acid groups (broad SMARTS) is 1. The van der Waals surface area contributed by atoms with Gasteiger partial charge >= 0.3 is 89.5 Å². The Labute approximate surface area is 765 Å². The van der Waals surface area contributed by atoms with Gasteiger partial charge in [-0.05, 0) is 282 Å². The lowest BCUT2D eigenvalue weighted by Gasteiger charge is -2.13. The predicted molar refractivity (Wildman–Crippen MR) is 481 cm³/mol. The molecule has 0 heterocycles. The molecule has 0 radical (unpaired) electrons. The Hall–Kier alpha value is -7.95. The molecule has 0 bridgehead atoms. The maximum absolute atomic E-state index is 12.2. The molecule has 0 rings (SSSR count). The number of ether oxygens (including phenoxy) is 14. The zero-order valence-corrected chi connectivity index (χ0v) is 78.9. The van der Waals surface area contributed by atoms with Crippen LogP contribution in [0, 0.1) is 5.92 Å². The second kappa shape index (κ2) is 92.3. The first kappa shape index (κ1) is 120. The zero-order valence-electron chi connectivity index (χ0n) is 78.9. The van der Waals surface area contributed by atoms with Crippen LogP contribution in [0.5, 0.6) is 0 Å². The van der Waals surface area contributed by atoms with Crippen molar-refractivity contribution in [1.29, 1.82) is 0 Å². The van der Waals surface area contributed by atoms with Crippen LogP contribution in [0.3, 0.4) is 0 Å². The van der Waals surface area contributed by atoms with E-state index in [0.717, 1.165) is 57.3 Å². The van der Waals surface area contributed by atoms with Crippen molar-refractivity contribution in [2.24, 2.45) is 5.92 Å². The third kappa shape index (κ3) is 91.4. The zero-order chi connectivity index (χ0) is 93.7. The van der Waals surface area contributed by atoms with Crippen LogP contribution in [0.25, 0.3) is 0 Å². The molecule has 0 spiro atoms. The Kier molecular flexibility index (Phi) is 86.6. The van der Waals surface area contributed by atoms with E-state index < -0.39 is 5.97 Å². The fourth-order valence-electron chi connectivity index (χ4n) is 13.4. The monoisotopic (exact) mass is 1830 g/mol. The van der Waals surface area contributed by atoms with Crippen LogP contribution < -0.4 is 0 Å². The minimum Gasteiger partial charge on any atom is -0.481 e. The molecule has 30 heteroatoms. The average molecular weight is 1830 g/mol. The maximum atomic E-state index is 12.2. The molecule has 0 aromatic carbocycles. The van der Waals surface area contributed by atoms with Crippen LogP contribution in [0.1, 0.15) is 438 Å². The number of carbonyl (C=O) groups is 15. The highest BCUT2D eigenvalue weighted by molar-refractivity contribution is 5.74. The molecule has 0 saturated heterocycles. The molecular weight excluding hydrogens is 1660 g/mol. The number of carbonyl (C=O) groups excluding carboxylic acids is 14. The predicted octanol–water partition coefficient (Wildman–Crippen LogP) is 20.1. The van der Waals surface area contributed by atoms with Gasteiger partial charge in [0.05, 0.1) is 92.5 Å². The van der Waals surface area contributed by atoms with E-state index in [9.17, 15) is 71.9 Å². The van der Waals surface area contributed by atoms with Crippen molar-refractivity contribution >= 4 is 89.5 Å². The summed E-state index contributed by atoms with van der Waals surface area (Å²) in [5.41, 5.74) is 0. The number of hydrogen-bond acceptors (Lipinski definition) is 29. The van der Waals surface area contributed by atoms with Crippen molar-refractivity contribution in [2.45, 2.75) is 438 Å². The number of aliphatic carboxylic acids is 1. The quantitative estimate of drug-likeness (QED) is 0.0336. The molecule has 1 unspecified atom stereocenters. The minimum absolute atomic E-state index is 0.115. The first-order valence-corrected chi connectivity index (χ1v) is 49.6. The summed E-state index contributed by atoms with van der Waals surface area (Å²) >= 11 is 0. The lowest BCUT2D eigenvalue weighted by molar-refractivity contribution is -0.146. The van der Waals surface area contributed by atoms with Gasteiger partial charge in [0.25, 0.3) is 0 Å². The summed E-state index contributed by atoms with van der Waals surface area (Å²) in [6, 6.07) is 0. The molecule has 0 saturated carbocycles. The topological polar surface area (TPSA) is 406 Å². The molecule has 0 aromatic rings. The van der Waals surface area contributed by atoms with Gasteiger partial charge in [-0.15, -0.1) is 0 Å². The Balaban J connectivity index is 3.54. The molecule has 1 atom stereocenters. The van der Waals surface area contributed by atoms with Gasteiger partial charge in [-0.25, -0.2) is 0 Å². The Bertz CT molecular complexity index is 2790. The van der Waals surface area contributed by atoms with Gasteiger partial charge in [-0.3, -0.25) is 71.9 Å². The summed E-state index contributed by atoms with van der Waals surface area (Å²) < 4.78 is 74.2. The van der Waals surface area contributed by atoms with Gasteiger partial charge in [0.15, 0.2) is 0 Å². The molecule has 1 N–H and O–H groups in total. The lowest BCUT2D eigenvalue weighted by atomic mass is 9.93. The SMILES string of the molecule is CCCCC(CC)CCCCCCC(=O)OCCCCCC(=O)OCCCCCC(=O)OCCCCCC(=O)OCCCCCC(=O)OCCCCCC(=O)OCCCCCC(=O)OCCCCCC(=O)OCCCCCC(=O)OCCCCCC(=O)OCCCCCC(=O)OCCCCCC(=O)OCCCCCC(=O)OCCCCCC(=O)OCCCCCC(=O)O. The largest absolute Gasteiger partial charge is 0.481 e. The van der Waals surface area contributed by atoms with E-state index in [1.807, 2.05) is 0 Å². The number of rotatable bonds is 95. The van der Waals surface area contributed by atoms with Crippen molar-refractivity contribution in [1.82, 2.24) is 0 Å². The second-order valence-electron chi connectivity index (χ2n) is 33.2. The van der Waals surface area contributed by atoms with Gasteiger partial charge in [0, 0.05) is 96.3 Å². The highest BCUT2D eigenvalue weighted by atomic mass is 16.6. The molecule has 128 heavy (non-hydrogen) atoms. The van der Waals surface area contributed by atoms with Gasteiger partial charge < -0.3 is 71.4 Å². The third-order valence-corrected chi connectivity index (χ3v) is 21.3. The number of esters is 14. The van der Waals surface area contributed by atoms with Gasteiger partial charge in [0.2, 0.25) is 0 Å². The van der Waals surface area contributed by atoms with E-state index in [0.29, 0.717) is 290 Å². The molecule has 30 nitrogen and oxygen atoms in total. The summed E-state index contributed by atoms with van der Waals surface area (Å²) in [6.45, 7) is 8.57. The van der Waals surface area contributed by atoms with E-state index in [1.165, 1.54) is 44.9 Å². The fraction of sp³-hybridized carbons (Fsp3) is 0.847. The van der Waals surface area contributed by atoms with Crippen LogP contribution in [0.2, 0.25) is 0 Å². The summed E-state index contributed by atoms with van der Waals surface area (Å²) in [7, 11) is 0. The minimum atomic E-state index is -0.831. The van der Waals surface area contributed by atoms with Crippen molar-refractivity contribution < 1.29 is 143 Å². The second-order valence-corrected chi connectivity index (χ2v) is 33.2. The molecule has 740 valence electrons. The van der Waals surface area contributed by atoms with Crippen LogP contribution in [-0.2, 0) is 138 Å². The summed E-state index contributed by atoms with van der Waals surface area (Å²) in [5, 5.41) is 8.63. The first-order valence-electron chi connectivity index (χ1n) is 49.6. The van der Waals surface area contributed by atoms with Crippen LogP contribution >= 0.6 is 0 Å². The van der Waals surface area contributed by atoms with E-state index in [4.69, 9.17) is 71.4 Å². The Morgan fingerprint density at radius 1 is 0.156 bits per heavy atom. The lowest BCUT2D eigenvalue weighted by Crippen LogP contribution is -2.09. The molecule has 0 amide bonds. The highest BCUT2D eigenvalue weighted by Crippen LogP contribution is 2.22. The van der Waals surface area contributed by atoms with Crippen LogP contribution in [-0.4, -0.2) is 187 Å². The van der Waals surface area contributed by atoms with E-state index in [1.54, 1.807) is 0 Å². The summed E-state index contributed by atoms with van der Waals surface area (Å²) in [6.07, 6.45) is 42.8. The Morgan fingerprint density at radius 3 is 0.398 bits per heavy atom.